The van der Waals surface area contributed by atoms with Crippen molar-refractivity contribution in [1.29, 1.82) is 0 Å². The number of aryl methyl sites for hydroxylation is 2. The summed E-state index contributed by atoms with van der Waals surface area (Å²) in [5, 5.41) is 0. The van der Waals surface area contributed by atoms with Crippen LogP contribution in [0.3, 0.4) is 0 Å². The summed E-state index contributed by atoms with van der Waals surface area (Å²) in [6, 6.07) is 14.1. The second-order valence-corrected chi connectivity index (χ2v) is 6.31. The molecule has 0 atom stereocenters. The van der Waals surface area contributed by atoms with Gasteiger partial charge in [-0.2, -0.15) is 0 Å². The number of hydrogen-bond donors (Lipinski definition) is 1. The number of ketones is 1. The van der Waals surface area contributed by atoms with Crippen LogP contribution in [-0.4, -0.2) is 5.78 Å². The number of rotatable bonds is 5. The van der Waals surface area contributed by atoms with Crippen LogP contribution in [-0.2, 0) is 12.8 Å². The van der Waals surface area contributed by atoms with Crippen molar-refractivity contribution in [3.05, 3.63) is 63.6 Å². The Morgan fingerprint density at radius 1 is 1.10 bits per heavy atom. The molecular weight excluding hydrogens is 332 g/mol. The Morgan fingerprint density at radius 2 is 1.80 bits per heavy atom. The molecule has 0 bridgehead atoms. The number of thiol groups is 1. The second kappa shape index (κ2) is 7.09. The van der Waals surface area contributed by atoms with Crippen LogP contribution in [0.15, 0.2) is 51.8 Å². The molecule has 0 amide bonds. The largest absolute Gasteiger partial charge is 0.295 e. The quantitative estimate of drug-likeness (QED) is 0.586. The Hall–Kier alpha value is -1.06. The molecule has 0 aliphatic heterocycles. The minimum absolute atomic E-state index is 0.131. The van der Waals surface area contributed by atoms with Gasteiger partial charge in [0.15, 0.2) is 5.78 Å². The second-order valence-electron chi connectivity index (χ2n) is 4.88. The molecule has 0 aromatic heterocycles. The topological polar surface area (TPSA) is 17.1 Å². The molecule has 0 unspecified atom stereocenters. The molecule has 0 heterocycles. The van der Waals surface area contributed by atoms with E-state index in [-0.39, 0.29) is 5.78 Å². The van der Waals surface area contributed by atoms with Crippen LogP contribution < -0.4 is 0 Å². The summed E-state index contributed by atoms with van der Waals surface area (Å²) < 4.78 is 1.02. The van der Waals surface area contributed by atoms with Crippen molar-refractivity contribution in [2.75, 3.05) is 0 Å². The van der Waals surface area contributed by atoms with E-state index in [0.717, 1.165) is 39.8 Å². The third-order valence-corrected chi connectivity index (χ3v) is 4.09. The lowest BCUT2D eigenvalue weighted by Gasteiger charge is -2.08. The van der Waals surface area contributed by atoms with Crippen molar-refractivity contribution in [3.63, 3.8) is 0 Å². The molecule has 2 aromatic carbocycles. The first-order chi connectivity index (χ1) is 9.56. The number of halogens is 1. The highest BCUT2D eigenvalue weighted by atomic mass is 79.9. The Bertz CT molecular complexity index is 605. The number of carbonyl (C=O) groups is 1. The first-order valence-electron chi connectivity index (χ1n) is 6.63. The molecule has 0 aliphatic carbocycles. The van der Waals surface area contributed by atoms with E-state index < -0.39 is 0 Å². The number of hydrogen-bond acceptors (Lipinski definition) is 2. The highest BCUT2D eigenvalue weighted by Gasteiger charge is 2.07. The summed E-state index contributed by atoms with van der Waals surface area (Å²) in [6.45, 7) is 1.62. The van der Waals surface area contributed by atoms with Gasteiger partial charge in [0, 0.05) is 14.9 Å². The van der Waals surface area contributed by atoms with Gasteiger partial charge in [0.1, 0.15) is 0 Å². The Labute approximate surface area is 133 Å². The molecule has 1 nitrogen and oxygen atoms in total. The number of Topliss-reactive ketones (excluding diaryl/α,β-unsaturated/α-hetero) is 1. The summed E-state index contributed by atoms with van der Waals surface area (Å²) >= 11 is 7.75. The van der Waals surface area contributed by atoms with E-state index in [0.29, 0.717) is 0 Å². The van der Waals surface area contributed by atoms with Gasteiger partial charge in [0.25, 0.3) is 0 Å². The lowest BCUT2D eigenvalue weighted by molar-refractivity contribution is 0.101. The maximum absolute atomic E-state index is 11.6. The van der Waals surface area contributed by atoms with E-state index in [4.69, 9.17) is 0 Å². The van der Waals surface area contributed by atoms with E-state index in [9.17, 15) is 4.79 Å². The van der Waals surface area contributed by atoms with Gasteiger partial charge in [-0.15, -0.1) is 12.6 Å². The molecule has 104 valence electrons. The van der Waals surface area contributed by atoms with Gasteiger partial charge in [-0.3, -0.25) is 4.79 Å². The van der Waals surface area contributed by atoms with Gasteiger partial charge in [-0.1, -0.05) is 34.1 Å². The van der Waals surface area contributed by atoms with Crippen LogP contribution >= 0.6 is 28.6 Å². The summed E-state index contributed by atoms with van der Waals surface area (Å²) in [7, 11) is 0. The van der Waals surface area contributed by atoms with Crippen LogP contribution in [0.25, 0.3) is 0 Å². The van der Waals surface area contributed by atoms with Crippen molar-refractivity contribution >= 4 is 34.3 Å². The van der Waals surface area contributed by atoms with Crippen molar-refractivity contribution in [2.24, 2.45) is 0 Å². The maximum Gasteiger partial charge on any atom is 0.160 e. The molecule has 0 saturated heterocycles. The smallest absolute Gasteiger partial charge is 0.160 e. The molecule has 20 heavy (non-hydrogen) atoms. The van der Waals surface area contributed by atoms with Crippen molar-refractivity contribution in [3.8, 4) is 0 Å². The number of benzene rings is 2. The average molecular weight is 349 g/mol. The minimum atomic E-state index is 0.131. The Kier molecular flexibility index (Phi) is 5.44. The van der Waals surface area contributed by atoms with Crippen LogP contribution in [0.1, 0.15) is 34.8 Å². The molecule has 0 radical (unpaired) electrons. The average Bonchev–Trinajstić information content (AvgIpc) is 2.41. The zero-order valence-electron chi connectivity index (χ0n) is 11.4. The molecule has 3 heteroatoms. The molecule has 0 spiro atoms. The van der Waals surface area contributed by atoms with E-state index >= 15 is 0 Å². The van der Waals surface area contributed by atoms with Crippen molar-refractivity contribution in [1.82, 2.24) is 0 Å². The zero-order valence-corrected chi connectivity index (χ0v) is 13.9. The standard InChI is InChI=1S/C17H17BrOS/c1-12(19)17-10-7-15(18)11-14(17)4-2-3-13-5-8-16(20)9-6-13/h5-11,20H,2-4H2,1H3. The lowest BCUT2D eigenvalue weighted by Crippen LogP contribution is -2.00. The van der Waals surface area contributed by atoms with Gasteiger partial charge in [0.05, 0.1) is 0 Å². The zero-order chi connectivity index (χ0) is 14.5. The van der Waals surface area contributed by atoms with Gasteiger partial charge in [-0.05, 0) is 61.6 Å². The van der Waals surface area contributed by atoms with E-state index in [1.807, 2.05) is 30.3 Å². The monoisotopic (exact) mass is 348 g/mol. The van der Waals surface area contributed by atoms with Crippen LogP contribution in [0.2, 0.25) is 0 Å². The number of carbonyl (C=O) groups excluding carboxylic acids is 1. The summed E-state index contributed by atoms with van der Waals surface area (Å²) in [5.74, 6) is 0.131. The molecule has 0 N–H and O–H groups in total. The first kappa shape index (κ1) is 15.3. The fourth-order valence-corrected chi connectivity index (χ4v) is 2.82. The molecular formula is C17H17BrOS. The normalized spacial score (nSPS) is 10.6. The minimum Gasteiger partial charge on any atom is -0.295 e. The van der Waals surface area contributed by atoms with Gasteiger partial charge in [0.2, 0.25) is 0 Å². The molecule has 2 aromatic rings. The van der Waals surface area contributed by atoms with Gasteiger partial charge < -0.3 is 0 Å². The van der Waals surface area contributed by atoms with Crippen LogP contribution in [0.4, 0.5) is 0 Å². The highest BCUT2D eigenvalue weighted by Crippen LogP contribution is 2.20. The molecule has 0 aliphatic rings. The van der Waals surface area contributed by atoms with Crippen LogP contribution in [0, 0.1) is 0 Å². The lowest BCUT2D eigenvalue weighted by atomic mass is 9.98. The SMILES string of the molecule is CC(=O)c1ccc(Br)cc1CCCc1ccc(S)cc1. The maximum atomic E-state index is 11.6. The van der Waals surface area contributed by atoms with Gasteiger partial charge >= 0.3 is 0 Å². The summed E-state index contributed by atoms with van der Waals surface area (Å²) in [6.07, 6.45) is 2.96. The van der Waals surface area contributed by atoms with E-state index in [1.165, 1.54) is 5.56 Å². The summed E-state index contributed by atoms with van der Waals surface area (Å²) in [4.78, 5) is 12.6. The summed E-state index contributed by atoms with van der Waals surface area (Å²) in [5.41, 5.74) is 3.26. The predicted octanol–water partition coefficient (Wildman–Crippen LogP) is 5.12. The molecule has 0 saturated carbocycles. The molecule has 0 fully saturated rings. The molecule has 2 rings (SSSR count). The van der Waals surface area contributed by atoms with Crippen molar-refractivity contribution < 1.29 is 4.79 Å². The van der Waals surface area contributed by atoms with Crippen molar-refractivity contribution in [2.45, 2.75) is 31.1 Å². The highest BCUT2D eigenvalue weighted by molar-refractivity contribution is 9.10. The predicted molar refractivity (Wildman–Crippen MR) is 89.9 cm³/mol. The van der Waals surface area contributed by atoms with Crippen LogP contribution in [0.5, 0.6) is 0 Å². The van der Waals surface area contributed by atoms with E-state index in [2.05, 4.69) is 40.7 Å². The Balaban J connectivity index is 2.02. The third kappa shape index (κ3) is 4.22. The third-order valence-electron chi connectivity index (χ3n) is 3.29. The fourth-order valence-electron chi connectivity index (χ4n) is 2.26. The first-order valence-corrected chi connectivity index (χ1v) is 7.87. The van der Waals surface area contributed by atoms with Gasteiger partial charge in [-0.25, -0.2) is 0 Å². The Morgan fingerprint density at radius 3 is 2.45 bits per heavy atom. The van der Waals surface area contributed by atoms with E-state index in [1.54, 1.807) is 6.92 Å². The fraction of sp³-hybridized carbons (Fsp3) is 0.235.